The zero-order valence-electron chi connectivity index (χ0n) is 8.94. The van der Waals surface area contributed by atoms with Crippen LogP contribution in [0.2, 0.25) is 5.02 Å². The summed E-state index contributed by atoms with van der Waals surface area (Å²) >= 11 is 7.72. The molecule has 17 heavy (non-hydrogen) atoms. The first kappa shape index (κ1) is 10.8. The van der Waals surface area contributed by atoms with Crippen LogP contribution in [0.25, 0.3) is 22.3 Å². The predicted molar refractivity (Wildman–Crippen MR) is 72.4 cm³/mol. The van der Waals surface area contributed by atoms with Crippen LogP contribution in [0.15, 0.2) is 40.1 Å². The molecular weight excluding hydrogens is 254 g/mol. The Labute approximate surface area is 108 Å². The van der Waals surface area contributed by atoms with Crippen molar-refractivity contribution in [2.24, 2.45) is 5.73 Å². The number of thiophene rings is 1. The lowest BCUT2D eigenvalue weighted by Gasteiger charge is -1.90. The molecular formula is C13H10ClNOS. The normalized spacial score (nSPS) is 11.2. The second-order valence-corrected chi connectivity index (χ2v) is 5.18. The molecule has 0 bridgehead atoms. The Kier molecular flexibility index (Phi) is 2.67. The van der Waals surface area contributed by atoms with E-state index in [1.807, 2.05) is 29.6 Å². The molecule has 2 nitrogen and oxygen atoms in total. The molecule has 2 heterocycles. The van der Waals surface area contributed by atoms with Crippen molar-refractivity contribution in [2.75, 3.05) is 0 Å². The summed E-state index contributed by atoms with van der Waals surface area (Å²) in [5.41, 5.74) is 7.40. The van der Waals surface area contributed by atoms with E-state index in [-0.39, 0.29) is 0 Å². The fourth-order valence-corrected chi connectivity index (χ4v) is 2.76. The molecule has 0 spiro atoms. The fourth-order valence-electron chi connectivity index (χ4n) is 1.79. The van der Waals surface area contributed by atoms with Gasteiger partial charge in [-0.3, -0.25) is 0 Å². The Balaban J connectivity index is 2.14. The number of halogens is 1. The molecule has 0 amide bonds. The van der Waals surface area contributed by atoms with Gasteiger partial charge < -0.3 is 10.2 Å². The van der Waals surface area contributed by atoms with Gasteiger partial charge in [0.05, 0.1) is 5.02 Å². The predicted octanol–water partition coefficient (Wildman–Crippen LogP) is 4.27. The number of para-hydroxylation sites is 1. The van der Waals surface area contributed by atoms with Gasteiger partial charge in [0.25, 0.3) is 0 Å². The van der Waals surface area contributed by atoms with E-state index in [0.717, 1.165) is 27.2 Å². The second kappa shape index (κ2) is 4.18. The van der Waals surface area contributed by atoms with Crippen molar-refractivity contribution in [2.45, 2.75) is 6.54 Å². The molecule has 2 N–H and O–H groups in total. The Bertz CT molecular complexity index is 671. The highest BCUT2D eigenvalue weighted by Crippen LogP contribution is 2.33. The summed E-state index contributed by atoms with van der Waals surface area (Å²) < 4.78 is 5.78. The summed E-state index contributed by atoms with van der Waals surface area (Å²) in [5.74, 6) is 0.837. The molecule has 3 aromatic rings. The molecule has 4 heteroatoms. The summed E-state index contributed by atoms with van der Waals surface area (Å²) in [7, 11) is 0. The van der Waals surface area contributed by atoms with Crippen LogP contribution in [-0.2, 0) is 6.54 Å². The smallest absolute Gasteiger partial charge is 0.153 e. The summed E-state index contributed by atoms with van der Waals surface area (Å²) in [6, 6.07) is 9.79. The number of nitrogens with two attached hydrogens (primary N) is 1. The topological polar surface area (TPSA) is 39.2 Å². The number of hydrogen-bond acceptors (Lipinski definition) is 3. The van der Waals surface area contributed by atoms with E-state index in [0.29, 0.717) is 11.6 Å². The lowest BCUT2D eigenvalue weighted by molar-refractivity contribution is 0.632. The maximum absolute atomic E-state index is 6.08. The Morgan fingerprint density at radius 3 is 2.88 bits per heavy atom. The average Bonchev–Trinajstić information content (AvgIpc) is 2.95. The highest BCUT2D eigenvalue weighted by molar-refractivity contribution is 7.10. The van der Waals surface area contributed by atoms with E-state index in [1.54, 1.807) is 11.3 Å². The minimum atomic E-state index is 0.561. The second-order valence-electron chi connectivity index (χ2n) is 3.77. The summed E-state index contributed by atoms with van der Waals surface area (Å²) in [5, 5.41) is 3.71. The monoisotopic (exact) mass is 263 g/mol. The average molecular weight is 264 g/mol. The summed E-state index contributed by atoms with van der Waals surface area (Å²) in [6.07, 6.45) is 0. The molecule has 0 radical (unpaired) electrons. The zero-order chi connectivity index (χ0) is 11.8. The van der Waals surface area contributed by atoms with Gasteiger partial charge in [-0.15, -0.1) is 11.3 Å². The van der Waals surface area contributed by atoms with Crippen molar-refractivity contribution < 1.29 is 4.42 Å². The van der Waals surface area contributed by atoms with E-state index in [4.69, 9.17) is 21.8 Å². The number of rotatable bonds is 2. The number of furan rings is 1. The number of benzene rings is 1. The van der Waals surface area contributed by atoms with Gasteiger partial charge in [0.2, 0.25) is 0 Å². The number of fused-ring (bicyclic) bond motifs is 1. The van der Waals surface area contributed by atoms with Gasteiger partial charge in [0, 0.05) is 27.8 Å². The first-order chi connectivity index (χ1) is 8.28. The molecule has 0 saturated heterocycles. The van der Waals surface area contributed by atoms with Gasteiger partial charge in [0.1, 0.15) is 5.76 Å². The minimum Gasteiger partial charge on any atom is -0.454 e. The Morgan fingerprint density at radius 1 is 1.29 bits per heavy atom. The number of hydrogen-bond donors (Lipinski definition) is 1. The van der Waals surface area contributed by atoms with Gasteiger partial charge in [0.15, 0.2) is 5.58 Å². The van der Waals surface area contributed by atoms with Gasteiger partial charge in [-0.1, -0.05) is 23.7 Å². The van der Waals surface area contributed by atoms with Crippen LogP contribution in [0, 0.1) is 0 Å². The van der Waals surface area contributed by atoms with E-state index < -0.39 is 0 Å². The molecule has 2 aromatic heterocycles. The fraction of sp³-hybridized carbons (Fsp3) is 0.0769. The molecule has 0 aliphatic rings. The van der Waals surface area contributed by atoms with Crippen LogP contribution < -0.4 is 5.73 Å². The van der Waals surface area contributed by atoms with Crippen LogP contribution in [0.4, 0.5) is 0 Å². The highest BCUT2D eigenvalue weighted by atomic mass is 35.5. The van der Waals surface area contributed by atoms with Crippen LogP contribution in [0.1, 0.15) is 4.88 Å². The Hall–Kier alpha value is -1.29. The first-order valence-corrected chi connectivity index (χ1v) is 6.49. The summed E-state index contributed by atoms with van der Waals surface area (Å²) in [4.78, 5) is 1.14. The lowest BCUT2D eigenvalue weighted by atomic mass is 10.2. The van der Waals surface area contributed by atoms with E-state index >= 15 is 0 Å². The van der Waals surface area contributed by atoms with Gasteiger partial charge in [-0.05, 0) is 18.2 Å². The quantitative estimate of drug-likeness (QED) is 0.750. The van der Waals surface area contributed by atoms with Crippen molar-refractivity contribution in [1.29, 1.82) is 0 Å². The lowest BCUT2D eigenvalue weighted by Crippen LogP contribution is -1.91. The maximum atomic E-state index is 6.08. The molecule has 1 aromatic carbocycles. The van der Waals surface area contributed by atoms with Crippen LogP contribution >= 0.6 is 22.9 Å². The van der Waals surface area contributed by atoms with Crippen molar-refractivity contribution in [3.8, 4) is 11.3 Å². The van der Waals surface area contributed by atoms with Crippen LogP contribution in [-0.4, -0.2) is 0 Å². The Morgan fingerprint density at radius 2 is 2.18 bits per heavy atom. The third-order valence-electron chi connectivity index (χ3n) is 2.64. The van der Waals surface area contributed by atoms with Crippen molar-refractivity contribution >= 4 is 33.9 Å². The van der Waals surface area contributed by atoms with E-state index in [1.165, 1.54) is 0 Å². The third kappa shape index (κ3) is 1.86. The minimum absolute atomic E-state index is 0.561. The molecule has 0 saturated carbocycles. The molecule has 3 rings (SSSR count). The SMILES string of the molecule is NCc1cc(-c2cc3cccc(Cl)c3o2)cs1. The van der Waals surface area contributed by atoms with Crippen molar-refractivity contribution in [3.05, 3.63) is 45.6 Å². The summed E-state index contributed by atoms with van der Waals surface area (Å²) in [6.45, 7) is 0.561. The van der Waals surface area contributed by atoms with Gasteiger partial charge in [-0.2, -0.15) is 0 Å². The first-order valence-electron chi connectivity index (χ1n) is 5.24. The van der Waals surface area contributed by atoms with Crippen LogP contribution in [0.3, 0.4) is 0 Å². The van der Waals surface area contributed by atoms with Gasteiger partial charge in [-0.25, -0.2) is 0 Å². The zero-order valence-corrected chi connectivity index (χ0v) is 10.5. The van der Waals surface area contributed by atoms with Gasteiger partial charge >= 0.3 is 0 Å². The molecule has 0 aliphatic carbocycles. The standard InChI is InChI=1S/C13H10ClNOS/c14-11-3-1-2-8-5-12(16-13(8)11)9-4-10(6-15)17-7-9/h1-5,7H,6,15H2. The molecule has 86 valence electrons. The largest absolute Gasteiger partial charge is 0.454 e. The molecule has 0 atom stereocenters. The molecule has 0 aliphatic heterocycles. The molecule has 0 unspecified atom stereocenters. The third-order valence-corrected chi connectivity index (χ3v) is 3.89. The van der Waals surface area contributed by atoms with E-state index in [9.17, 15) is 0 Å². The highest BCUT2D eigenvalue weighted by Gasteiger charge is 2.10. The maximum Gasteiger partial charge on any atom is 0.153 e. The van der Waals surface area contributed by atoms with Crippen LogP contribution in [0.5, 0.6) is 0 Å². The van der Waals surface area contributed by atoms with Crippen molar-refractivity contribution in [1.82, 2.24) is 0 Å². The van der Waals surface area contributed by atoms with Crippen molar-refractivity contribution in [3.63, 3.8) is 0 Å². The molecule has 0 fully saturated rings. The van der Waals surface area contributed by atoms with E-state index in [2.05, 4.69) is 6.07 Å².